The van der Waals surface area contributed by atoms with Gasteiger partial charge in [-0.25, -0.2) is 26.7 Å². The summed E-state index contributed by atoms with van der Waals surface area (Å²) in [6.07, 6.45) is 2.99. The number of hydrogen-bond donors (Lipinski definition) is 1. The molecule has 0 aliphatic carbocycles. The number of esters is 4. The molecule has 0 radical (unpaired) electrons. The molecule has 0 aromatic heterocycles. The standard InChI is InChI=1S/C26H34F2N2O3.C23H35FN2O5.C18H27FN2O3.C14H17FO4/c1-19-16-20(4-9-24(19)28)18-30-14-12-29(13-15-30)11-10-22(26(31)33-3)17-25(32-2)21-5-7-23(27)8-6-21;1-23(2,3)31-22(28)26-14-12-25(13-15-26)11-10-18(21(27)30-5)16-20(29-4)17-6-8-19(24)9-7-17;1-23-17(14-3-5-16(19)6-4-14)13-15(18(22)24-2)7-10-21-11-8-20-9-12-21;1-18-13(10-3-5-12(15)6-4-10)9-11(7-8-16)14(17)19-2/h4-9,16,22,25H,10-15,17-18H2,1-3H3;6-9,18,20H,10-16H2,1-5H3;3-6,15,17,20H,7-13H2,1-2H3;3-6,8,11,13H,7,9H2,1-2H3/t22-,25+;18-,20+;15-,17+;11-,13+/m0000/s1. The number of aryl methyl sites for hydroxylation is 1. The van der Waals surface area contributed by atoms with E-state index in [9.17, 15) is 50.7 Å². The van der Waals surface area contributed by atoms with Crippen molar-refractivity contribution in [1.82, 2.24) is 29.8 Å². The molecule has 3 aliphatic rings. The lowest BCUT2D eigenvalue weighted by Gasteiger charge is -2.36. The quantitative estimate of drug-likeness (QED) is 0.0179. The second-order valence-electron chi connectivity index (χ2n) is 27.8. The normalized spacial score (nSPS) is 16.7. The number of halogens is 5. The van der Waals surface area contributed by atoms with E-state index in [4.69, 9.17) is 37.9 Å². The van der Waals surface area contributed by atoms with Gasteiger partial charge < -0.3 is 67.4 Å². The van der Waals surface area contributed by atoms with Crippen LogP contribution in [0, 0.1) is 59.7 Å². The van der Waals surface area contributed by atoms with Gasteiger partial charge in [0.15, 0.2) is 0 Å². The third-order valence-corrected chi connectivity index (χ3v) is 19.3. The first-order chi connectivity index (χ1) is 51.3. The zero-order chi connectivity index (χ0) is 78.4. The molecule has 3 fully saturated rings. The van der Waals surface area contributed by atoms with Crippen LogP contribution in [0.4, 0.5) is 26.7 Å². The van der Waals surface area contributed by atoms with Gasteiger partial charge in [0.1, 0.15) is 41.0 Å². The molecule has 107 heavy (non-hydrogen) atoms. The fraction of sp³-hybridized carbons (Fsp3) is 0.556. The van der Waals surface area contributed by atoms with Gasteiger partial charge in [-0.2, -0.15) is 0 Å². The van der Waals surface area contributed by atoms with Crippen LogP contribution in [0.1, 0.15) is 130 Å². The van der Waals surface area contributed by atoms with E-state index >= 15 is 0 Å². The minimum absolute atomic E-state index is 0.0771. The molecule has 0 spiro atoms. The molecular formula is C81H113F5N6O15. The number of hydrogen-bond acceptors (Lipinski definition) is 20. The molecular weight excluding hydrogens is 1390 g/mol. The number of carbonyl (C=O) groups is 6. The summed E-state index contributed by atoms with van der Waals surface area (Å²) in [5.41, 5.74) is 4.58. The Labute approximate surface area is 628 Å². The van der Waals surface area contributed by atoms with Crippen molar-refractivity contribution in [2.45, 2.75) is 116 Å². The Kier molecular flexibility index (Phi) is 40.2. The second kappa shape index (κ2) is 47.9. The summed E-state index contributed by atoms with van der Waals surface area (Å²) in [5, 5.41) is 3.32. The Morgan fingerprint density at radius 1 is 0.430 bits per heavy atom. The van der Waals surface area contributed by atoms with Crippen molar-refractivity contribution in [2.75, 3.05) is 155 Å². The summed E-state index contributed by atoms with van der Waals surface area (Å²) in [4.78, 5) is 82.3. The zero-order valence-electron chi connectivity index (χ0n) is 64.4. The smallest absolute Gasteiger partial charge is 0.410 e. The Bertz CT molecular complexity index is 3410. The number of nitrogens with one attached hydrogen (secondary N) is 1. The monoisotopic (exact) mass is 1500 g/mol. The Morgan fingerprint density at radius 3 is 1.05 bits per heavy atom. The van der Waals surface area contributed by atoms with E-state index in [1.807, 2.05) is 32.9 Å². The molecule has 26 heteroatoms. The van der Waals surface area contributed by atoms with Crippen LogP contribution in [-0.2, 0) is 73.1 Å². The number of methoxy groups -OCH3 is 8. The van der Waals surface area contributed by atoms with Crippen molar-refractivity contribution in [3.05, 3.63) is 178 Å². The highest BCUT2D eigenvalue weighted by molar-refractivity contribution is 5.75. The van der Waals surface area contributed by atoms with Gasteiger partial charge in [0.25, 0.3) is 0 Å². The van der Waals surface area contributed by atoms with Crippen LogP contribution >= 0.6 is 0 Å². The summed E-state index contributed by atoms with van der Waals surface area (Å²) in [5.74, 6) is -4.02. The van der Waals surface area contributed by atoms with Crippen LogP contribution in [0.15, 0.2) is 115 Å². The van der Waals surface area contributed by atoms with Crippen LogP contribution < -0.4 is 5.32 Å². The first-order valence-electron chi connectivity index (χ1n) is 36.5. The van der Waals surface area contributed by atoms with Crippen LogP contribution in [0.2, 0.25) is 0 Å². The second-order valence-corrected chi connectivity index (χ2v) is 27.8. The predicted molar refractivity (Wildman–Crippen MR) is 396 cm³/mol. The number of amides is 1. The first kappa shape index (κ1) is 89.8. The van der Waals surface area contributed by atoms with E-state index in [0.29, 0.717) is 70.0 Å². The van der Waals surface area contributed by atoms with E-state index in [2.05, 4.69) is 29.7 Å². The van der Waals surface area contributed by atoms with Gasteiger partial charge in [0, 0.05) is 120 Å². The van der Waals surface area contributed by atoms with E-state index < -0.39 is 17.5 Å². The molecule has 592 valence electrons. The fourth-order valence-electron chi connectivity index (χ4n) is 12.9. The first-order valence-corrected chi connectivity index (χ1v) is 36.5. The van der Waals surface area contributed by atoms with Crippen molar-refractivity contribution in [1.29, 1.82) is 0 Å². The number of piperazine rings is 3. The Balaban J connectivity index is 0.000000261. The van der Waals surface area contributed by atoms with Crippen molar-refractivity contribution < 1.29 is 93.4 Å². The van der Waals surface area contributed by atoms with Crippen LogP contribution in [0.25, 0.3) is 0 Å². The van der Waals surface area contributed by atoms with Gasteiger partial charge in [-0.05, 0) is 180 Å². The molecule has 8 atom stereocenters. The number of benzene rings is 5. The maximum Gasteiger partial charge on any atom is 0.410 e. The molecule has 3 saturated heterocycles. The molecule has 1 N–H and O–H groups in total. The van der Waals surface area contributed by atoms with E-state index in [1.54, 1.807) is 81.7 Å². The van der Waals surface area contributed by atoms with Crippen molar-refractivity contribution in [2.24, 2.45) is 23.7 Å². The average molecular weight is 1510 g/mol. The molecule has 0 unspecified atom stereocenters. The maximum absolute atomic E-state index is 13.5. The van der Waals surface area contributed by atoms with Crippen LogP contribution in [0.5, 0.6) is 0 Å². The lowest BCUT2D eigenvalue weighted by Crippen LogP contribution is -2.50. The zero-order valence-corrected chi connectivity index (χ0v) is 64.4. The fourth-order valence-corrected chi connectivity index (χ4v) is 12.9. The molecule has 5 aromatic carbocycles. The molecule has 8 rings (SSSR count). The average Bonchev–Trinajstić information content (AvgIpc) is 0.915. The van der Waals surface area contributed by atoms with Gasteiger partial charge in [-0.15, -0.1) is 0 Å². The molecule has 1 amide bonds. The number of rotatable bonds is 33. The topological polar surface area (TPSA) is 214 Å². The van der Waals surface area contributed by atoms with E-state index in [1.165, 1.54) is 90.1 Å². The lowest BCUT2D eigenvalue weighted by atomic mass is 9.93. The van der Waals surface area contributed by atoms with Gasteiger partial charge >= 0.3 is 30.0 Å². The van der Waals surface area contributed by atoms with Gasteiger partial charge in [-0.1, -0.05) is 60.7 Å². The third kappa shape index (κ3) is 32.1. The summed E-state index contributed by atoms with van der Waals surface area (Å²) in [6.45, 7) is 20.8. The maximum atomic E-state index is 13.5. The van der Waals surface area contributed by atoms with E-state index in [0.717, 1.165) is 119 Å². The van der Waals surface area contributed by atoms with Crippen molar-refractivity contribution >= 4 is 36.3 Å². The van der Waals surface area contributed by atoms with Crippen LogP contribution in [-0.4, -0.2) is 221 Å². The molecule has 21 nitrogen and oxygen atoms in total. The summed E-state index contributed by atoms with van der Waals surface area (Å²) >= 11 is 0. The molecule has 0 bridgehead atoms. The minimum Gasteiger partial charge on any atom is -0.469 e. The number of ether oxygens (including phenoxy) is 9. The highest BCUT2D eigenvalue weighted by Gasteiger charge is 2.32. The summed E-state index contributed by atoms with van der Waals surface area (Å²) in [7, 11) is 11.8. The van der Waals surface area contributed by atoms with Crippen LogP contribution in [0.3, 0.4) is 0 Å². The predicted octanol–water partition coefficient (Wildman–Crippen LogP) is 12.3. The largest absolute Gasteiger partial charge is 0.469 e. The molecule has 3 heterocycles. The highest BCUT2D eigenvalue weighted by Crippen LogP contribution is 2.32. The van der Waals surface area contributed by atoms with Crippen molar-refractivity contribution in [3.8, 4) is 0 Å². The van der Waals surface area contributed by atoms with Gasteiger partial charge in [-0.3, -0.25) is 29.0 Å². The highest BCUT2D eigenvalue weighted by atomic mass is 19.1. The molecule has 5 aromatic rings. The van der Waals surface area contributed by atoms with Crippen molar-refractivity contribution in [3.63, 3.8) is 0 Å². The minimum atomic E-state index is -0.558. The Hall–Kier alpha value is -7.79. The third-order valence-electron chi connectivity index (χ3n) is 19.3. The summed E-state index contributed by atoms with van der Waals surface area (Å²) in [6, 6.07) is 29.7. The summed E-state index contributed by atoms with van der Waals surface area (Å²) < 4.78 is 113. The van der Waals surface area contributed by atoms with Gasteiger partial charge in [0.2, 0.25) is 0 Å². The Morgan fingerprint density at radius 2 is 0.738 bits per heavy atom. The number of carbonyl (C=O) groups excluding carboxylic acids is 6. The number of nitrogens with zero attached hydrogens (tertiary/aromatic N) is 5. The van der Waals surface area contributed by atoms with E-state index in [-0.39, 0.29) is 102 Å². The molecule has 3 aliphatic heterocycles. The molecule has 0 saturated carbocycles. The lowest BCUT2D eigenvalue weighted by molar-refractivity contribution is -0.148. The van der Waals surface area contributed by atoms with Gasteiger partial charge in [0.05, 0.1) is 76.5 Å². The SMILES string of the molecule is COC(=O)[C@@H](CC=O)C[C@@H](OC)c1ccc(F)cc1.COC(=O)[C@@H](CCN1CCN(C(=O)OC(C)(C)C)CC1)C[C@@H](OC)c1ccc(F)cc1.COC(=O)[C@@H](CCN1CCN(Cc2ccc(F)c(C)c2)CC1)C[C@@H](OC)c1ccc(F)cc1.COC(=O)[C@@H](CCN1CCNCC1)C[C@@H](OC)c1ccc(F)cc1. The number of aldehydes is 1.